The van der Waals surface area contributed by atoms with Gasteiger partial charge in [-0.3, -0.25) is 4.79 Å². The third-order valence-electron chi connectivity index (χ3n) is 2.02. The molecule has 0 aliphatic carbocycles. The number of aromatic nitrogens is 2. The Kier molecular flexibility index (Phi) is 5.08. The average molecular weight is 269 g/mol. The summed E-state index contributed by atoms with van der Waals surface area (Å²) < 4.78 is 0. The van der Waals surface area contributed by atoms with E-state index >= 15 is 0 Å². The van der Waals surface area contributed by atoms with Crippen LogP contribution in [0.5, 0.6) is 0 Å². The Bertz CT molecular complexity index is 445. The van der Waals surface area contributed by atoms with Crippen molar-refractivity contribution < 1.29 is 14.7 Å². The van der Waals surface area contributed by atoms with Crippen LogP contribution in [0.4, 0.5) is 0 Å². The number of nitrogens with zero attached hydrogens (tertiary/aromatic N) is 2. The van der Waals surface area contributed by atoms with Gasteiger partial charge in [-0.05, 0) is 19.9 Å². The first-order valence-corrected chi connectivity index (χ1v) is 6.32. The maximum atomic E-state index is 10.9. The summed E-state index contributed by atoms with van der Waals surface area (Å²) in [5.74, 6) is -0.549. The van der Waals surface area contributed by atoms with E-state index in [4.69, 9.17) is 5.11 Å². The predicted molar refractivity (Wildman–Crippen MR) is 67.5 cm³/mol. The Balaban J connectivity index is 2.66. The minimum Gasteiger partial charge on any atom is -0.480 e. The zero-order valence-electron chi connectivity index (χ0n) is 10.4. The average Bonchev–Trinajstić information content (AvgIpc) is 2.21. The molecule has 0 fully saturated rings. The van der Waals surface area contributed by atoms with E-state index in [0.717, 1.165) is 5.69 Å². The summed E-state index contributed by atoms with van der Waals surface area (Å²) in [5.41, 5.74) is 0.830. The van der Waals surface area contributed by atoms with Crippen molar-refractivity contribution in [2.24, 2.45) is 0 Å². The summed E-state index contributed by atoms with van der Waals surface area (Å²) in [6.45, 7) is 4.92. The Morgan fingerprint density at radius 1 is 1.44 bits per heavy atom. The van der Waals surface area contributed by atoms with E-state index in [2.05, 4.69) is 15.3 Å². The first kappa shape index (κ1) is 14.4. The van der Waals surface area contributed by atoms with Crippen molar-refractivity contribution in [2.45, 2.75) is 31.8 Å². The number of aliphatic carboxylic acids is 1. The molecule has 1 rings (SSSR count). The van der Waals surface area contributed by atoms with Gasteiger partial charge in [-0.2, -0.15) is 0 Å². The lowest BCUT2D eigenvalue weighted by Gasteiger charge is -2.12. The number of carbonyl (C=O) groups excluding carboxylic acids is 1. The van der Waals surface area contributed by atoms with Crippen LogP contribution in [-0.4, -0.2) is 38.7 Å². The van der Waals surface area contributed by atoms with Crippen LogP contribution < -0.4 is 5.32 Å². The largest absolute Gasteiger partial charge is 0.480 e. The lowest BCUT2D eigenvalue weighted by molar-refractivity contribution is -0.140. The van der Waals surface area contributed by atoms with Gasteiger partial charge in [0.05, 0.1) is 0 Å². The Hall–Kier alpha value is -1.63. The van der Waals surface area contributed by atoms with E-state index in [1.165, 1.54) is 18.7 Å². The molecule has 18 heavy (non-hydrogen) atoms. The van der Waals surface area contributed by atoms with E-state index in [-0.39, 0.29) is 11.7 Å². The van der Waals surface area contributed by atoms with Gasteiger partial charge < -0.3 is 10.4 Å². The van der Waals surface area contributed by atoms with Crippen LogP contribution in [0.25, 0.3) is 0 Å². The molecule has 0 saturated heterocycles. The molecule has 1 heterocycles. The highest BCUT2D eigenvalue weighted by Gasteiger charge is 2.18. The number of carboxylic acids is 1. The topological polar surface area (TPSA) is 92.2 Å². The monoisotopic (exact) mass is 269 g/mol. The highest BCUT2D eigenvalue weighted by molar-refractivity contribution is 7.99. The first-order chi connectivity index (χ1) is 8.38. The predicted octanol–water partition coefficient (Wildman–Crippen LogP) is 0.775. The summed E-state index contributed by atoms with van der Waals surface area (Å²) in [4.78, 5) is 30.1. The Morgan fingerprint density at radius 2 is 2.11 bits per heavy atom. The molecule has 1 amide bonds. The molecule has 7 heteroatoms. The number of aryl methyl sites for hydroxylation is 2. The van der Waals surface area contributed by atoms with Crippen molar-refractivity contribution >= 4 is 23.6 Å². The fourth-order valence-electron chi connectivity index (χ4n) is 1.35. The summed E-state index contributed by atoms with van der Waals surface area (Å²) in [6.07, 6.45) is 0. The van der Waals surface area contributed by atoms with Crippen LogP contribution in [0.2, 0.25) is 0 Å². The van der Waals surface area contributed by atoms with Crippen LogP contribution in [0, 0.1) is 13.8 Å². The molecule has 1 aromatic heterocycles. The number of amides is 1. The van der Waals surface area contributed by atoms with E-state index in [0.29, 0.717) is 10.9 Å². The molecule has 0 aliphatic rings. The molecular formula is C11H15N3O3S. The van der Waals surface area contributed by atoms with Crippen molar-refractivity contribution in [2.75, 3.05) is 5.75 Å². The fourth-order valence-corrected chi connectivity index (χ4v) is 2.36. The van der Waals surface area contributed by atoms with Gasteiger partial charge in [0.1, 0.15) is 16.9 Å². The summed E-state index contributed by atoms with van der Waals surface area (Å²) in [5, 5.41) is 12.0. The van der Waals surface area contributed by atoms with Gasteiger partial charge in [-0.15, -0.1) is 11.8 Å². The molecule has 0 radical (unpaired) electrons. The normalized spacial score (nSPS) is 11.9. The highest BCUT2D eigenvalue weighted by Crippen LogP contribution is 2.17. The van der Waals surface area contributed by atoms with Gasteiger partial charge >= 0.3 is 5.97 Å². The van der Waals surface area contributed by atoms with Gasteiger partial charge in [-0.1, -0.05) is 0 Å². The maximum Gasteiger partial charge on any atom is 0.327 e. The molecule has 0 unspecified atom stereocenters. The number of hydrogen-bond donors (Lipinski definition) is 2. The van der Waals surface area contributed by atoms with Crippen molar-refractivity contribution in [1.82, 2.24) is 15.3 Å². The van der Waals surface area contributed by atoms with E-state index in [9.17, 15) is 9.59 Å². The second-order valence-electron chi connectivity index (χ2n) is 3.80. The Morgan fingerprint density at radius 3 is 2.61 bits per heavy atom. The molecule has 1 atom stereocenters. The van der Waals surface area contributed by atoms with Gasteiger partial charge in [0, 0.05) is 18.4 Å². The minimum absolute atomic E-state index is 0.227. The molecule has 6 nitrogen and oxygen atoms in total. The molecule has 2 N–H and O–H groups in total. The highest BCUT2D eigenvalue weighted by atomic mass is 32.2. The molecule has 98 valence electrons. The van der Waals surface area contributed by atoms with Gasteiger partial charge in [0.2, 0.25) is 5.91 Å². The summed E-state index contributed by atoms with van der Waals surface area (Å²) >= 11 is 1.28. The zero-order chi connectivity index (χ0) is 13.7. The van der Waals surface area contributed by atoms with Crippen LogP contribution in [0.1, 0.15) is 18.4 Å². The first-order valence-electron chi connectivity index (χ1n) is 5.33. The molecule has 0 spiro atoms. The third kappa shape index (κ3) is 4.70. The van der Waals surface area contributed by atoms with Crippen LogP contribution in [0.15, 0.2) is 11.1 Å². The summed E-state index contributed by atoms with van der Waals surface area (Å²) in [6, 6.07) is 0.868. The molecule has 0 aliphatic heterocycles. The van der Waals surface area contributed by atoms with Crippen LogP contribution >= 0.6 is 11.8 Å². The number of nitrogens with one attached hydrogen (secondary N) is 1. The van der Waals surface area contributed by atoms with Crippen molar-refractivity contribution in [1.29, 1.82) is 0 Å². The molecular weight excluding hydrogens is 254 g/mol. The van der Waals surface area contributed by atoms with Crippen LogP contribution in [0.3, 0.4) is 0 Å². The summed E-state index contributed by atoms with van der Waals surface area (Å²) in [7, 11) is 0. The lowest BCUT2D eigenvalue weighted by Crippen LogP contribution is -2.41. The second kappa shape index (κ2) is 6.34. The SMILES string of the molecule is CC(=O)N[C@@H](CSc1cc(C)nc(C)n1)C(=O)O. The van der Waals surface area contributed by atoms with Crippen molar-refractivity contribution in [3.63, 3.8) is 0 Å². The molecule has 0 saturated carbocycles. The van der Waals surface area contributed by atoms with Crippen LogP contribution in [-0.2, 0) is 9.59 Å². The smallest absolute Gasteiger partial charge is 0.327 e. The minimum atomic E-state index is -1.06. The molecule has 0 bridgehead atoms. The van der Waals surface area contributed by atoms with E-state index in [1.807, 2.05) is 6.92 Å². The Labute approximate surface area is 109 Å². The second-order valence-corrected chi connectivity index (χ2v) is 4.84. The van der Waals surface area contributed by atoms with E-state index < -0.39 is 12.0 Å². The molecule has 1 aromatic rings. The van der Waals surface area contributed by atoms with Gasteiger partial charge in [0.25, 0.3) is 0 Å². The maximum absolute atomic E-state index is 10.9. The number of hydrogen-bond acceptors (Lipinski definition) is 5. The van der Waals surface area contributed by atoms with E-state index in [1.54, 1.807) is 13.0 Å². The van der Waals surface area contributed by atoms with Crippen molar-refractivity contribution in [3.8, 4) is 0 Å². The molecule has 0 aromatic carbocycles. The third-order valence-corrected chi connectivity index (χ3v) is 3.02. The van der Waals surface area contributed by atoms with Gasteiger partial charge in [-0.25, -0.2) is 14.8 Å². The van der Waals surface area contributed by atoms with Gasteiger partial charge in [0.15, 0.2) is 0 Å². The number of carbonyl (C=O) groups is 2. The number of carboxylic acid groups (broad SMARTS) is 1. The van der Waals surface area contributed by atoms with Crippen molar-refractivity contribution in [3.05, 3.63) is 17.6 Å². The number of rotatable bonds is 5. The fraction of sp³-hybridized carbons (Fsp3) is 0.455. The number of thioether (sulfide) groups is 1. The quantitative estimate of drug-likeness (QED) is 0.606. The zero-order valence-corrected chi connectivity index (χ0v) is 11.2. The lowest BCUT2D eigenvalue weighted by atomic mass is 10.3. The standard InChI is InChI=1S/C11H15N3O3S/c1-6-4-10(13-7(2)12-6)18-5-9(11(16)17)14-8(3)15/h4,9H,5H2,1-3H3,(H,14,15)(H,16,17)/t9-/m0/s1.